The van der Waals surface area contributed by atoms with Crippen molar-refractivity contribution in [3.63, 3.8) is 0 Å². The van der Waals surface area contributed by atoms with Gasteiger partial charge in [0.25, 0.3) is 5.91 Å². The lowest BCUT2D eigenvalue weighted by Gasteiger charge is -2.16. The molecule has 0 bridgehead atoms. The summed E-state index contributed by atoms with van der Waals surface area (Å²) in [7, 11) is 0. The van der Waals surface area contributed by atoms with E-state index in [0.29, 0.717) is 29.0 Å². The smallest absolute Gasteiger partial charge is 0.265 e. The van der Waals surface area contributed by atoms with Gasteiger partial charge in [-0.1, -0.05) is 35.3 Å². The summed E-state index contributed by atoms with van der Waals surface area (Å²) in [4.78, 5) is 12.5. The normalized spacial score (nSPS) is 17.9. The van der Waals surface area contributed by atoms with E-state index >= 15 is 0 Å². The van der Waals surface area contributed by atoms with E-state index in [9.17, 15) is 9.18 Å². The molecule has 8 heteroatoms. The van der Waals surface area contributed by atoms with Crippen molar-refractivity contribution in [3.05, 3.63) is 76.0 Å². The number of fused-ring (bicyclic) bond motifs is 1. The molecule has 3 aromatic rings. The van der Waals surface area contributed by atoms with Crippen LogP contribution in [0, 0.1) is 5.82 Å². The molecule has 3 aromatic carbocycles. The molecule has 2 atom stereocenters. The van der Waals surface area contributed by atoms with Crippen molar-refractivity contribution >= 4 is 39.9 Å². The minimum atomic E-state index is -0.477. The summed E-state index contributed by atoms with van der Waals surface area (Å²) in [5.74, 6) is -0.151. The zero-order chi connectivity index (χ0) is 23.2. The highest BCUT2D eigenvalue weighted by molar-refractivity contribution is 6.31. The molecular formula is C25H26Cl2FN3O2. The highest BCUT2D eigenvalue weighted by atomic mass is 35.5. The van der Waals surface area contributed by atoms with Gasteiger partial charge in [-0.05, 0) is 79.4 Å². The molecule has 1 amide bonds. The molecule has 0 radical (unpaired) electrons. The van der Waals surface area contributed by atoms with Gasteiger partial charge in [0.05, 0.1) is 11.6 Å². The lowest BCUT2D eigenvalue weighted by Crippen LogP contribution is -2.44. The molecule has 4 rings (SSSR count). The van der Waals surface area contributed by atoms with Crippen LogP contribution in [0.5, 0.6) is 5.75 Å². The number of benzene rings is 3. The van der Waals surface area contributed by atoms with Crippen LogP contribution in [-0.4, -0.2) is 31.1 Å². The summed E-state index contributed by atoms with van der Waals surface area (Å²) >= 11 is 11.7. The van der Waals surface area contributed by atoms with Gasteiger partial charge in [-0.25, -0.2) is 9.82 Å². The van der Waals surface area contributed by atoms with Crippen molar-refractivity contribution in [2.45, 2.75) is 37.8 Å². The molecule has 33 heavy (non-hydrogen) atoms. The van der Waals surface area contributed by atoms with Crippen LogP contribution >= 0.6 is 23.2 Å². The maximum atomic E-state index is 13.4. The molecule has 2 unspecified atom stereocenters. The SMILES string of the molecule is O=C(NNC1CCC(NCCCOc2ccc(Cl)c(F)c2)C1)c1ccc2cc(Cl)ccc2c1. The van der Waals surface area contributed by atoms with Crippen molar-refractivity contribution in [2.75, 3.05) is 13.2 Å². The molecule has 5 nitrogen and oxygen atoms in total. The van der Waals surface area contributed by atoms with Crippen LogP contribution in [0.1, 0.15) is 36.0 Å². The van der Waals surface area contributed by atoms with Crippen molar-refractivity contribution in [1.29, 1.82) is 0 Å². The first-order valence-corrected chi connectivity index (χ1v) is 11.8. The first-order chi connectivity index (χ1) is 16.0. The molecule has 0 aliphatic heterocycles. The maximum Gasteiger partial charge on any atom is 0.265 e. The van der Waals surface area contributed by atoms with E-state index in [4.69, 9.17) is 27.9 Å². The Morgan fingerprint density at radius 2 is 1.79 bits per heavy atom. The zero-order valence-electron chi connectivity index (χ0n) is 18.0. The quantitative estimate of drug-likeness (QED) is 0.274. The second-order valence-electron chi connectivity index (χ2n) is 8.24. The Kier molecular flexibility index (Phi) is 8.04. The molecule has 0 spiro atoms. The van der Waals surface area contributed by atoms with Gasteiger partial charge in [-0.15, -0.1) is 0 Å². The molecule has 0 saturated heterocycles. The highest BCUT2D eigenvalue weighted by Gasteiger charge is 2.24. The Balaban J connectivity index is 1.14. The van der Waals surface area contributed by atoms with Gasteiger partial charge in [0.2, 0.25) is 0 Å². The van der Waals surface area contributed by atoms with Crippen LogP contribution in [0.15, 0.2) is 54.6 Å². The number of carbonyl (C=O) groups is 1. The second-order valence-corrected chi connectivity index (χ2v) is 9.09. The van der Waals surface area contributed by atoms with E-state index in [0.717, 1.165) is 43.0 Å². The van der Waals surface area contributed by atoms with Gasteiger partial charge in [0.15, 0.2) is 0 Å². The van der Waals surface area contributed by atoms with Crippen LogP contribution in [0.3, 0.4) is 0 Å². The first-order valence-electron chi connectivity index (χ1n) is 11.0. The average Bonchev–Trinajstić information content (AvgIpc) is 3.27. The Bertz CT molecular complexity index is 1130. The number of carbonyl (C=O) groups excluding carboxylic acids is 1. The van der Waals surface area contributed by atoms with Gasteiger partial charge >= 0.3 is 0 Å². The molecule has 1 aliphatic rings. The summed E-state index contributed by atoms with van der Waals surface area (Å²) in [5.41, 5.74) is 6.61. The van der Waals surface area contributed by atoms with E-state index in [1.165, 1.54) is 12.1 Å². The Morgan fingerprint density at radius 1 is 1.00 bits per heavy atom. The molecule has 0 heterocycles. The molecule has 3 N–H and O–H groups in total. The summed E-state index contributed by atoms with van der Waals surface area (Å²) in [6, 6.07) is 16.2. The Hall–Kier alpha value is -2.38. The topological polar surface area (TPSA) is 62.4 Å². The molecular weight excluding hydrogens is 464 g/mol. The van der Waals surface area contributed by atoms with Gasteiger partial charge in [0, 0.05) is 28.7 Å². The highest BCUT2D eigenvalue weighted by Crippen LogP contribution is 2.22. The molecule has 1 saturated carbocycles. The summed E-state index contributed by atoms with van der Waals surface area (Å²) in [6.07, 6.45) is 3.75. The van der Waals surface area contributed by atoms with Crippen molar-refractivity contribution in [1.82, 2.24) is 16.2 Å². The van der Waals surface area contributed by atoms with Crippen molar-refractivity contribution in [3.8, 4) is 5.75 Å². The number of hydrazine groups is 1. The van der Waals surface area contributed by atoms with E-state index in [1.54, 1.807) is 12.1 Å². The largest absolute Gasteiger partial charge is 0.493 e. The Labute approximate surface area is 202 Å². The van der Waals surface area contributed by atoms with Crippen LogP contribution in [0.2, 0.25) is 10.0 Å². The second kappa shape index (κ2) is 11.2. The fourth-order valence-corrected chi connectivity index (χ4v) is 4.33. The Morgan fingerprint density at radius 3 is 2.64 bits per heavy atom. The molecule has 0 aromatic heterocycles. The lowest BCUT2D eigenvalue weighted by molar-refractivity contribution is 0.0925. The van der Waals surface area contributed by atoms with Crippen LogP contribution < -0.4 is 20.9 Å². The van der Waals surface area contributed by atoms with E-state index < -0.39 is 5.82 Å². The van der Waals surface area contributed by atoms with E-state index in [1.807, 2.05) is 30.3 Å². The summed E-state index contributed by atoms with van der Waals surface area (Å²) < 4.78 is 19.0. The third-order valence-electron chi connectivity index (χ3n) is 5.80. The van der Waals surface area contributed by atoms with E-state index in [-0.39, 0.29) is 17.0 Å². The minimum Gasteiger partial charge on any atom is -0.493 e. The lowest BCUT2D eigenvalue weighted by atomic mass is 10.1. The fraction of sp³-hybridized carbons (Fsp3) is 0.320. The molecule has 174 valence electrons. The summed E-state index contributed by atoms with van der Waals surface area (Å²) in [5, 5.41) is 6.27. The van der Waals surface area contributed by atoms with Gasteiger partial charge in [-0.3, -0.25) is 10.2 Å². The number of hydrogen-bond acceptors (Lipinski definition) is 4. The monoisotopic (exact) mass is 489 g/mol. The van der Waals surface area contributed by atoms with Gasteiger partial charge < -0.3 is 10.1 Å². The van der Waals surface area contributed by atoms with Crippen LogP contribution in [0.4, 0.5) is 4.39 Å². The number of hydrogen-bond donors (Lipinski definition) is 3. The number of amides is 1. The maximum absolute atomic E-state index is 13.4. The number of nitrogens with one attached hydrogen (secondary N) is 3. The molecule has 1 aliphatic carbocycles. The number of rotatable bonds is 9. The third kappa shape index (κ3) is 6.58. The minimum absolute atomic E-state index is 0.0900. The van der Waals surface area contributed by atoms with Crippen LogP contribution in [-0.2, 0) is 0 Å². The first kappa shape index (κ1) is 23.8. The predicted molar refractivity (Wildman–Crippen MR) is 131 cm³/mol. The standard InChI is InChI=1S/C25H26Cl2FN3O2/c26-19-5-4-16-12-18(3-2-17(16)13-19)25(32)31-30-21-7-6-20(14-21)29-10-1-11-33-22-8-9-23(27)24(28)15-22/h2-5,8-9,12-13,15,20-21,29-30H,1,6-7,10-11,14H2,(H,31,32). The summed E-state index contributed by atoms with van der Waals surface area (Å²) in [6.45, 7) is 1.30. The molecule has 1 fully saturated rings. The van der Waals surface area contributed by atoms with Crippen LogP contribution in [0.25, 0.3) is 10.8 Å². The predicted octanol–water partition coefficient (Wildman–Crippen LogP) is 5.50. The number of halogens is 3. The zero-order valence-corrected chi connectivity index (χ0v) is 19.6. The average molecular weight is 490 g/mol. The van der Waals surface area contributed by atoms with Crippen molar-refractivity contribution < 1.29 is 13.9 Å². The van der Waals surface area contributed by atoms with E-state index in [2.05, 4.69) is 16.2 Å². The van der Waals surface area contributed by atoms with Gasteiger partial charge in [-0.2, -0.15) is 0 Å². The number of ether oxygens (including phenoxy) is 1. The van der Waals surface area contributed by atoms with Gasteiger partial charge in [0.1, 0.15) is 11.6 Å². The van der Waals surface area contributed by atoms with Crippen molar-refractivity contribution in [2.24, 2.45) is 0 Å². The fourth-order valence-electron chi connectivity index (χ4n) is 4.03. The third-order valence-corrected chi connectivity index (χ3v) is 6.34.